The van der Waals surface area contributed by atoms with Gasteiger partial charge in [0.05, 0.1) is 25.0 Å². The molecule has 2 aromatic rings. The number of benzene rings is 1. The number of nitrogens with zero attached hydrogens (tertiary/aromatic N) is 4. The molecule has 0 bridgehead atoms. The molecule has 4 rings (SSSR count). The molecule has 8 heteroatoms. The van der Waals surface area contributed by atoms with E-state index in [-0.39, 0.29) is 5.91 Å². The van der Waals surface area contributed by atoms with Gasteiger partial charge in [0.25, 0.3) is 0 Å². The molecule has 33 heavy (non-hydrogen) atoms. The zero-order valence-electron chi connectivity index (χ0n) is 20.1. The van der Waals surface area contributed by atoms with Gasteiger partial charge in [0.15, 0.2) is 5.76 Å². The third-order valence-corrected chi connectivity index (χ3v) is 6.81. The number of ether oxygens (including phenoxy) is 1. The second-order valence-electron chi connectivity index (χ2n) is 9.48. The van der Waals surface area contributed by atoms with Crippen molar-refractivity contribution in [3.63, 3.8) is 0 Å². The number of methoxy groups -OCH3 is 1. The molecular weight excluding hydrogens is 418 g/mol. The number of hydrogen-bond donors (Lipinski definition) is 1. The summed E-state index contributed by atoms with van der Waals surface area (Å²) in [6.07, 6.45) is 2.49. The van der Waals surface area contributed by atoms with E-state index in [2.05, 4.69) is 32.4 Å². The topological polar surface area (TPSA) is 74.1 Å². The van der Waals surface area contributed by atoms with Crippen molar-refractivity contribution in [3.05, 3.63) is 41.8 Å². The highest BCUT2D eigenvalue weighted by Crippen LogP contribution is 2.30. The summed E-state index contributed by atoms with van der Waals surface area (Å²) in [4.78, 5) is 19.6. The van der Waals surface area contributed by atoms with Gasteiger partial charge in [0.2, 0.25) is 5.91 Å². The van der Waals surface area contributed by atoms with Gasteiger partial charge in [-0.25, -0.2) is 0 Å². The maximum atomic E-state index is 13.2. The highest BCUT2D eigenvalue weighted by Gasteiger charge is 2.31. The predicted molar refractivity (Wildman–Crippen MR) is 128 cm³/mol. The summed E-state index contributed by atoms with van der Waals surface area (Å²) in [6.45, 7) is 5.81. The van der Waals surface area contributed by atoms with Gasteiger partial charge in [-0.1, -0.05) is 17.3 Å². The van der Waals surface area contributed by atoms with Gasteiger partial charge in [-0.3, -0.25) is 4.79 Å². The van der Waals surface area contributed by atoms with E-state index in [0.29, 0.717) is 18.3 Å². The molecule has 2 fully saturated rings. The van der Waals surface area contributed by atoms with Crippen LogP contribution in [0.2, 0.25) is 0 Å². The molecule has 3 heterocycles. The number of carbonyl (C=O) groups excluding carboxylic acids is 1. The molecule has 0 radical (unpaired) electrons. The van der Waals surface area contributed by atoms with Crippen molar-refractivity contribution in [3.8, 4) is 5.75 Å². The lowest BCUT2D eigenvalue weighted by Crippen LogP contribution is -2.50. The van der Waals surface area contributed by atoms with Crippen molar-refractivity contribution < 1.29 is 14.1 Å². The molecule has 1 N–H and O–H groups in total. The largest absolute Gasteiger partial charge is 0.495 e. The summed E-state index contributed by atoms with van der Waals surface area (Å²) in [5.41, 5.74) is 2.09. The molecule has 1 amide bonds. The monoisotopic (exact) mass is 455 g/mol. The number of amides is 1. The van der Waals surface area contributed by atoms with E-state index < -0.39 is 0 Å². The summed E-state index contributed by atoms with van der Waals surface area (Å²) in [5.74, 6) is 2.82. The van der Waals surface area contributed by atoms with E-state index in [1.165, 1.54) is 0 Å². The molecule has 8 nitrogen and oxygen atoms in total. The molecule has 180 valence electrons. The van der Waals surface area contributed by atoms with Gasteiger partial charge in [-0.05, 0) is 64.0 Å². The summed E-state index contributed by atoms with van der Waals surface area (Å²) in [5, 5.41) is 7.78. The van der Waals surface area contributed by atoms with E-state index in [1.807, 2.05) is 37.2 Å². The Hall–Kier alpha value is -2.58. The fraction of sp³-hybridized carbons (Fsp3) is 0.600. The van der Waals surface area contributed by atoms with Crippen LogP contribution in [0.4, 0.5) is 5.69 Å². The number of piperidine rings is 1. The number of rotatable bonds is 8. The minimum Gasteiger partial charge on any atom is -0.495 e. The number of para-hydroxylation sites is 2. The lowest BCUT2D eigenvalue weighted by Gasteiger charge is -2.38. The van der Waals surface area contributed by atoms with Gasteiger partial charge in [0, 0.05) is 38.7 Å². The quantitative estimate of drug-likeness (QED) is 0.654. The first-order chi connectivity index (χ1) is 16.0. The first-order valence-electron chi connectivity index (χ1n) is 12.0. The summed E-state index contributed by atoms with van der Waals surface area (Å²) < 4.78 is 11.0. The van der Waals surface area contributed by atoms with Crippen molar-refractivity contribution in [2.75, 3.05) is 65.4 Å². The average Bonchev–Trinajstić information content (AvgIpc) is 3.26. The van der Waals surface area contributed by atoms with E-state index in [0.717, 1.165) is 81.5 Å². The van der Waals surface area contributed by atoms with E-state index in [9.17, 15) is 4.79 Å². The predicted octanol–water partition coefficient (Wildman–Crippen LogP) is 2.25. The van der Waals surface area contributed by atoms with Crippen LogP contribution < -0.4 is 15.0 Å². The normalized spacial score (nSPS) is 21.5. The molecular formula is C25H37N5O3. The number of piperazine rings is 1. The molecule has 2 atom stereocenters. The number of anilines is 1. The maximum Gasteiger partial charge on any atom is 0.222 e. The first kappa shape index (κ1) is 23.6. The fourth-order valence-corrected chi connectivity index (χ4v) is 5.03. The van der Waals surface area contributed by atoms with Crippen LogP contribution in [0.25, 0.3) is 0 Å². The maximum absolute atomic E-state index is 13.2. The van der Waals surface area contributed by atoms with Gasteiger partial charge in [-0.15, -0.1) is 0 Å². The second kappa shape index (κ2) is 11.0. The van der Waals surface area contributed by atoms with Crippen molar-refractivity contribution in [1.82, 2.24) is 20.3 Å². The van der Waals surface area contributed by atoms with Gasteiger partial charge in [-0.2, -0.15) is 0 Å². The van der Waals surface area contributed by atoms with Crippen LogP contribution in [0, 0.1) is 11.8 Å². The van der Waals surface area contributed by atoms with Crippen LogP contribution in [0.3, 0.4) is 0 Å². The van der Waals surface area contributed by atoms with Crippen LogP contribution in [0.15, 0.2) is 34.9 Å². The smallest absolute Gasteiger partial charge is 0.222 e. The van der Waals surface area contributed by atoms with Crippen molar-refractivity contribution in [2.45, 2.75) is 25.8 Å². The Balaban J connectivity index is 1.31. The van der Waals surface area contributed by atoms with Gasteiger partial charge in [0.1, 0.15) is 5.75 Å². The highest BCUT2D eigenvalue weighted by atomic mass is 16.5. The minimum atomic E-state index is 0.278. The highest BCUT2D eigenvalue weighted by molar-refractivity contribution is 5.77. The first-order valence-corrected chi connectivity index (χ1v) is 12.0. The molecule has 2 unspecified atom stereocenters. The molecule has 0 spiro atoms. The number of nitrogens with one attached hydrogen (secondary N) is 1. The van der Waals surface area contributed by atoms with Crippen LogP contribution in [0.1, 0.15) is 24.3 Å². The fourth-order valence-electron chi connectivity index (χ4n) is 5.03. The Morgan fingerprint density at radius 3 is 2.76 bits per heavy atom. The van der Waals surface area contributed by atoms with E-state index in [4.69, 9.17) is 9.26 Å². The average molecular weight is 456 g/mol. The molecule has 0 saturated carbocycles. The van der Waals surface area contributed by atoms with Crippen molar-refractivity contribution in [1.29, 1.82) is 0 Å². The standard InChI is InChI=1S/C25H37N5O3/c1-28(2)18-22-16-21(27-33-22)14-20-17-26-9-8-19(20)15-25(31)30-12-10-29(11-13-30)23-6-4-5-7-24(23)32-3/h4-7,16,19-20,26H,8-15,17-18H2,1-3H3. The third kappa shape index (κ3) is 6.06. The van der Waals surface area contributed by atoms with Gasteiger partial charge < -0.3 is 29.3 Å². The zero-order chi connectivity index (χ0) is 23.2. The molecule has 2 aliphatic rings. The molecule has 0 aliphatic carbocycles. The van der Waals surface area contributed by atoms with Crippen molar-refractivity contribution >= 4 is 11.6 Å². The van der Waals surface area contributed by atoms with Crippen LogP contribution in [-0.2, 0) is 17.8 Å². The Bertz CT molecular complexity index is 907. The van der Waals surface area contributed by atoms with Crippen LogP contribution >= 0.6 is 0 Å². The van der Waals surface area contributed by atoms with Crippen LogP contribution in [0.5, 0.6) is 5.75 Å². The second-order valence-corrected chi connectivity index (χ2v) is 9.48. The number of carbonyl (C=O) groups is 1. The van der Waals surface area contributed by atoms with E-state index >= 15 is 0 Å². The molecule has 2 aliphatic heterocycles. The number of hydrogen-bond acceptors (Lipinski definition) is 7. The Labute approximate surface area is 196 Å². The molecule has 1 aromatic carbocycles. The van der Waals surface area contributed by atoms with Crippen molar-refractivity contribution in [2.24, 2.45) is 11.8 Å². The van der Waals surface area contributed by atoms with E-state index in [1.54, 1.807) is 7.11 Å². The minimum absolute atomic E-state index is 0.278. The summed E-state index contributed by atoms with van der Waals surface area (Å²) >= 11 is 0. The number of aromatic nitrogens is 1. The summed E-state index contributed by atoms with van der Waals surface area (Å²) in [6, 6.07) is 10.2. The van der Waals surface area contributed by atoms with Crippen LogP contribution in [-0.4, -0.2) is 81.3 Å². The Kier molecular flexibility index (Phi) is 7.88. The lowest BCUT2D eigenvalue weighted by atomic mass is 9.81. The third-order valence-electron chi connectivity index (χ3n) is 6.81. The lowest BCUT2D eigenvalue weighted by molar-refractivity contribution is -0.133. The Morgan fingerprint density at radius 1 is 1.21 bits per heavy atom. The summed E-state index contributed by atoms with van der Waals surface area (Å²) in [7, 11) is 5.74. The molecule has 2 saturated heterocycles. The SMILES string of the molecule is COc1ccccc1N1CCN(C(=O)CC2CCNCC2Cc2cc(CN(C)C)on2)CC1. The van der Waals surface area contributed by atoms with Gasteiger partial charge >= 0.3 is 0 Å². The zero-order valence-corrected chi connectivity index (χ0v) is 20.1. The molecule has 1 aromatic heterocycles. The Morgan fingerprint density at radius 2 is 2.00 bits per heavy atom.